The molecule has 0 fully saturated rings. The molecule has 0 saturated carbocycles. The van der Waals surface area contributed by atoms with Crippen LogP contribution in [-0.2, 0) is 5.41 Å². The summed E-state index contributed by atoms with van der Waals surface area (Å²) in [5.74, 6) is 0.237. The molecule has 2 aliphatic carbocycles. The number of benzene rings is 9. The average molecular weight is 838 g/mol. The highest BCUT2D eigenvalue weighted by Gasteiger charge is 2.35. The van der Waals surface area contributed by atoms with Crippen LogP contribution in [0, 0.1) is 5.92 Å². The van der Waals surface area contributed by atoms with Crippen LogP contribution >= 0.6 is 11.3 Å². The van der Waals surface area contributed by atoms with E-state index in [1.54, 1.807) is 0 Å². The lowest BCUT2D eigenvalue weighted by atomic mass is 9.81. The lowest BCUT2D eigenvalue weighted by Crippen LogP contribution is -2.24. The Balaban J connectivity index is 1.02. The second kappa shape index (κ2) is 15.2. The Morgan fingerprint density at radius 2 is 1.11 bits per heavy atom. The number of para-hydroxylation sites is 1. The molecule has 0 bridgehead atoms. The second-order valence-electron chi connectivity index (χ2n) is 18.1. The Labute approximate surface area is 379 Å². The van der Waals surface area contributed by atoms with Crippen LogP contribution in [0.2, 0.25) is 0 Å². The van der Waals surface area contributed by atoms with Crippen LogP contribution in [0.5, 0.6) is 0 Å². The van der Waals surface area contributed by atoms with Gasteiger partial charge >= 0.3 is 0 Å². The zero-order valence-corrected chi connectivity index (χ0v) is 37.2. The number of hydrogen-bond donors (Lipinski definition) is 0. The fourth-order valence-corrected chi connectivity index (χ4v) is 12.0. The predicted molar refractivity (Wildman–Crippen MR) is 276 cm³/mol. The van der Waals surface area contributed by atoms with Crippen LogP contribution in [0.15, 0.2) is 218 Å². The van der Waals surface area contributed by atoms with Gasteiger partial charge in [0, 0.05) is 48.5 Å². The van der Waals surface area contributed by atoms with E-state index < -0.39 is 0 Å². The van der Waals surface area contributed by atoms with Gasteiger partial charge in [0.1, 0.15) is 0 Å². The molecule has 306 valence electrons. The monoisotopic (exact) mass is 837 g/mol. The van der Waals surface area contributed by atoms with Gasteiger partial charge < -0.3 is 4.90 Å². The summed E-state index contributed by atoms with van der Waals surface area (Å²) in [4.78, 5) is 2.55. The van der Waals surface area contributed by atoms with E-state index in [4.69, 9.17) is 0 Å². The number of hydrogen-bond acceptors (Lipinski definition) is 2. The molecule has 0 saturated heterocycles. The molecule has 0 radical (unpaired) electrons. The largest absolute Gasteiger partial charge is 0.313 e. The van der Waals surface area contributed by atoms with E-state index >= 15 is 0 Å². The Morgan fingerprint density at radius 3 is 1.94 bits per heavy atom. The lowest BCUT2D eigenvalue weighted by molar-refractivity contribution is 0.660. The van der Waals surface area contributed by atoms with Crippen LogP contribution in [-0.4, -0.2) is 0 Å². The van der Waals surface area contributed by atoms with Crippen molar-refractivity contribution in [3.8, 4) is 44.5 Å². The number of fused-ring (bicyclic) bond motifs is 7. The summed E-state index contributed by atoms with van der Waals surface area (Å²) in [5.41, 5.74) is 19.1. The van der Waals surface area contributed by atoms with Crippen LogP contribution in [0.3, 0.4) is 0 Å². The van der Waals surface area contributed by atoms with Gasteiger partial charge in [-0.05, 0) is 121 Å². The first-order valence-electron chi connectivity index (χ1n) is 22.6. The van der Waals surface area contributed by atoms with Crippen molar-refractivity contribution in [3.63, 3.8) is 0 Å². The van der Waals surface area contributed by atoms with Crippen molar-refractivity contribution in [2.75, 3.05) is 4.90 Å². The van der Waals surface area contributed by atoms with Crippen LogP contribution in [0.1, 0.15) is 43.9 Å². The van der Waals surface area contributed by atoms with Gasteiger partial charge in [0.2, 0.25) is 0 Å². The highest BCUT2D eigenvalue weighted by Crippen LogP contribution is 2.51. The topological polar surface area (TPSA) is 3.24 Å². The SMILES string of the molecule is CC1CC(c2cccc3sc4ccccc4c23)=CC=C1N(c1ccc(-c2ccc3c(c2)C(C)(C)c2ccccc2-3)cc1)c1ccccc1-c1cccc2cccc(-c3ccccc3)c12. The molecule has 9 aromatic carbocycles. The summed E-state index contributed by atoms with van der Waals surface area (Å²) in [6.07, 6.45) is 5.74. The van der Waals surface area contributed by atoms with Gasteiger partial charge in [-0.15, -0.1) is 11.3 Å². The molecule has 1 unspecified atom stereocenters. The fraction of sp³-hybridized carbons (Fsp3) is 0.0968. The van der Waals surface area contributed by atoms with Crippen LogP contribution < -0.4 is 4.90 Å². The molecule has 12 rings (SSSR count). The summed E-state index contributed by atoms with van der Waals surface area (Å²) in [6.45, 7) is 7.13. The molecule has 0 spiro atoms. The van der Waals surface area contributed by atoms with Gasteiger partial charge in [-0.3, -0.25) is 0 Å². The van der Waals surface area contributed by atoms with Crippen molar-refractivity contribution in [1.29, 1.82) is 0 Å². The Morgan fingerprint density at radius 1 is 0.469 bits per heavy atom. The molecule has 1 aromatic heterocycles. The number of nitrogens with zero attached hydrogens (tertiary/aromatic N) is 1. The molecule has 10 aromatic rings. The standard InChI is InChI=1S/C62H47NS/c1-40-38-45(48-24-15-29-59-61(48)53-22-9-12-28-58(53)64-59)33-37-56(40)63(46-34-30-41(31-35-46)44-32-36-50-49-20-7-10-26-54(49)62(2,3)55(50)39-44)57-27-11-8-21-51(57)52-25-14-19-43-18-13-23-47(60(43)52)42-16-5-4-6-17-42/h4-37,39-40H,38H2,1-3H3. The van der Waals surface area contributed by atoms with E-state index in [0.717, 1.165) is 12.1 Å². The molecule has 0 N–H and O–H groups in total. The molecule has 2 heteroatoms. The number of allylic oxidation sites excluding steroid dienone is 4. The van der Waals surface area contributed by atoms with Crippen molar-refractivity contribution < 1.29 is 0 Å². The number of rotatable bonds is 7. The molecule has 1 nitrogen and oxygen atoms in total. The first-order chi connectivity index (χ1) is 31.4. The Hall–Kier alpha value is -7.26. The summed E-state index contributed by atoms with van der Waals surface area (Å²) in [5, 5.41) is 5.22. The third-order valence-electron chi connectivity index (χ3n) is 14.0. The van der Waals surface area contributed by atoms with Crippen LogP contribution in [0.4, 0.5) is 11.4 Å². The lowest BCUT2D eigenvalue weighted by Gasteiger charge is -2.35. The third-order valence-corrected chi connectivity index (χ3v) is 15.1. The van der Waals surface area contributed by atoms with Gasteiger partial charge in [-0.25, -0.2) is 0 Å². The maximum absolute atomic E-state index is 2.55. The van der Waals surface area contributed by atoms with Gasteiger partial charge in [0.15, 0.2) is 0 Å². The first-order valence-corrected chi connectivity index (χ1v) is 23.4. The van der Waals surface area contributed by atoms with E-state index in [1.165, 1.54) is 109 Å². The van der Waals surface area contributed by atoms with E-state index in [1.807, 2.05) is 11.3 Å². The highest BCUT2D eigenvalue weighted by atomic mass is 32.1. The van der Waals surface area contributed by atoms with E-state index in [9.17, 15) is 0 Å². The van der Waals surface area contributed by atoms with E-state index in [0.29, 0.717) is 0 Å². The second-order valence-corrected chi connectivity index (χ2v) is 19.2. The smallest absolute Gasteiger partial charge is 0.0537 e. The third kappa shape index (κ3) is 6.20. The molecule has 0 amide bonds. The van der Waals surface area contributed by atoms with E-state index in [-0.39, 0.29) is 11.3 Å². The first kappa shape index (κ1) is 38.4. The van der Waals surface area contributed by atoms with E-state index in [2.05, 4.69) is 238 Å². The molecule has 64 heavy (non-hydrogen) atoms. The minimum atomic E-state index is -0.0532. The van der Waals surface area contributed by atoms with Crippen molar-refractivity contribution in [2.24, 2.45) is 5.92 Å². The van der Waals surface area contributed by atoms with Crippen molar-refractivity contribution in [1.82, 2.24) is 0 Å². The molecular weight excluding hydrogens is 791 g/mol. The minimum absolute atomic E-state index is 0.0532. The molecule has 0 aliphatic heterocycles. The maximum atomic E-state index is 2.55. The molecule has 1 heterocycles. The van der Waals surface area contributed by atoms with Crippen molar-refractivity contribution in [2.45, 2.75) is 32.6 Å². The number of anilines is 2. The Bertz CT molecular complexity index is 3500. The van der Waals surface area contributed by atoms with Gasteiger partial charge in [0.05, 0.1) is 5.69 Å². The predicted octanol–water partition coefficient (Wildman–Crippen LogP) is 17.7. The zero-order chi connectivity index (χ0) is 42.9. The fourth-order valence-electron chi connectivity index (χ4n) is 10.8. The molecule has 1 atom stereocenters. The van der Waals surface area contributed by atoms with Gasteiger partial charge in [-0.2, -0.15) is 0 Å². The normalized spacial score (nSPS) is 15.2. The average Bonchev–Trinajstić information content (AvgIpc) is 3.84. The maximum Gasteiger partial charge on any atom is 0.0537 e. The van der Waals surface area contributed by atoms with Crippen LogP contribution in [0.25, 0.3) is 81.0 Å². The zero-order valence-electron chi connectivity index (χ0n) is 36.3. The molecule has 2 aliphatic rings. The van der Waals surface area contributed by atoms with Crippen molar-refractivity contribution >= 4 is 59.2 Å². The summed E-state index contributed by atoms with van der Waals surface area (Å²) in [6, 6.07) is 74.3. The minimum Gasteiger partial charge on any atom is -0.313 e. The van der Waals surface area contributed by atoms with Crippen molar-refractivity contribution in [3.05, 3.63) is 235 Å². The summed E-state index contributed by atoms with van der Waals surface area (Å²) < 4.78 is 2.69. The van der Waals surface area contributed by atoms with Gasteiger partial charge in [-0.1, -0.05) is 191 Å². The highest BCUT2D eigenvalue weighted by molar-refractivity contribution is 7.25. The number of thiophene rings is 1. The summed E-state index contributed by atoms with van der Waals surface area (Å²) >= 11 is 1.89. The van der Waals surface area contributed by atoms with Gasteiger partial charge in [0.25, 0.3) is 0 Å². The summed E-state index contributed by atoms with van der Waals surface area (Å²) in [7, 11) is 0. The molecular formula is C62H47NS. The quantitative estimate of drug-likeness (QED) is 0.155. The Kier molecular flexibility index (Phi) is 9.14.